The van der Waals surface area contributed by atoms with Crippen molar-refractivity contribution < 1.29 is 13.2 Å². The first kappa shape index (κ1) is 16.8. The molecule has 0 radical (unpaired) electrons. The van der Waals surface area contributed by atoms with E-state index < -0.39 is 17.8 Å². The molecule has 22 heavy (non-hydrogen) atoms. The Morgan fingerprint density at radius 2 is 2.09 bits per heavy atom. The molecule has 0 bridgehead atoms. The molecule has 1 aromatic rings. The summed E-state index contributed by atoms with van der Waals surface area (Å²) >= 11 is 0. The highest BCUT2D eigenvalue weighted by Gasteiger charge is 2.33. The van der Waals surface area contributed by atoms with Gasteiger partial charge in [-0.25, -0.2) is 0 Å². The van der Waals surface area contributed by atoms with E-state index in [1.54, 1.807) is 6.07 Å². The molecule has 120 valence electrons. The molecule has 0 spiro atoms. The van der Waals surface area contributed by atoms with Crippen molar-refractivity contribution in [2.75, 3.05) is 26.7 Å². The van der Waals surface area contributed by atoms with Crippen LogP contribution >= 0.6 is 0 Å². The molecule has 2 atom stereocenters. The van der Waals surface area contributed by atoms with Gasteiger partial charge in [0.2, 0.25) is 0 Å². The molecule has 1 fully saturated rings. The monoisotopic (exact) mass is 311 g/mol. The van der Waals surface area contributed by atoms with Crippen LogP contribution in [0, 0.1) is 11.3 Å². The number of hydrogen-bond acceptors (Lipinski definition) is 3. The van der Waals surface area contributed by atoms with Gasteiger partial charge in [0.1, 0.15) is 6.04 Å². The SMILES string of the molecule is CCC1CN(C(C#N)c2cccc(C(F)(F)F)c2)CCN1C. The van der Waals surface area contributed by atoms with E-state index in [-0.39, 0.29) is 0 Å². The van der Waals surface area contributed by atoms with Crippen LogP contribution in [0.5, 0.6) is 0 Å². The minimum atomic E-state index is -4.38. The van der Waals surface area contributed by atoms with Crippen LogP contribution in [0.15, 0.2) is 24.3 Å². The first-order valence-electron chi connectivity index (χ1n) is 7.38. The van der Waals surface area contributed by atoms with Crippen LogP contribution in [0.2, 0.25) is 0 Å². The molecule has 1 aliphatic heterocycles. The highest BCUT2D eigenvalue weighted by atomic mass is 19.4. The van der Waals surface area contributed by atoms with Gasteiger partial charge in [0.05, 0.1) is 11.6 Å². The lowest BCUT2D eigenvalue weighted by atomic mass is 10.0. The fourth-order valence-electron chi connectivity index (χ4n) is 2.90. The average Bonchev–Trinajstić information content (AvgIpc) is 2.49. The summed E-state index contributed by atoms with van der Waals surface area (Å²) in [5, 5.41) is 9.46. The molecule has 2 unspecified atom stereocenters. The number of piperazine rings is 1. The van der Waals surface area contributed by atoms with Crippen LogP contribution in [0.25, 0.3) is 0 Å². The lowest BCUT2D eigenvalue weighted by Gasteiger charge is -2.41. The number of hydrogen-bond donors (Lipinski definition) is 0. The lowest BCUT2D eigenvalue weighted by Crippen LogP contribution is -2.51. The van der Waals surface area contributed by atoms with Crippen molar-refractivity contribution in [3.63, 3.8) is 0 Å². The normalized spacial score (nSPS) is 22.3. The summed E-state index contributed by atoms with van der Waals surface area (Å²) in [4.78, 5) is 4.21. The third kappa shape index (κ3) is 3.60. The largest absolute Gasteiger partial charge is 0.416 e. The van der Waals surface area contributed by atoms with Crippen LogP contribution in [0.1, 0.15) is 30.5 Å². The van der Waals surface area contributed by atoms with Crippen LogP contribution < -0.4 is 0 Å². The van der Waals surface area contributed by atoms with Crippen molar-refractivity contribution in [1.82, 2.24) is 9.80 Å². The molecule has 1 aliphatic rings. The van der Waals surface area contributed by atoms with Crippen molar-refractivity contribution in [2.24, 2.45) is 0 Å². The molecule has 0 amide bonds. The van der Waals surface area contributed by atoms with Crippen LogP contribution in [-0.2, 0) is 6.18 Å². The van der Waals surface area contributed by atoms with Gasteiger partial charge < -0.3 is 4.90 Å². The number of nitriles is 1. The van der Waals surface area contributed by atoms with Crippen LogP contribution in [-0.4, -0.2) is 42.5 Å². The zero-order chi connectivity index (χ0) is 16.3. The van der Waals surface area contributed by atoms with Gasteiger partial charge in [-0.2, -0.15) is 18.4 Å². The molecule has 6 heteroatoms. The Balaban J connectivity index is 2.24. The highest BCUT2D eigenvalue weighted by molar-refractivity contribution is 5.31. The zero-order valence-electron chi connectivity index (χ0n) is 12.8. The van der Waals surface area contributed by atoms with Gasteiger partial charge in [-0.3, -0.25) is 4.90 Å². The third-order valence-corrected chi connectivity index (χ3v) is 4.30. The van der Waals surface area contributed by atoms with Gasteiger partial charge in [-0.05, 0) is 31.2 Å². The number of alkyl halides is 3. The Kier molecular flexibility index (Phi) is 5.09. The molecule has 0 aromatic heterocycles. The van der Waals surface area contributed by atoms with Crippen molar-refractivity contribution in [3.8, 4) is 6.07 Å². The summed E-state index contributed by atoms with van der Waals surface area (Å²) in [6.07, 6.45) is -3.43. The molecule has 3 nitrogen and oxygen atoms in total. The second kappa shape index (κ2) is 6.67. The summed E-state index contributed by atoms with van der Waals surface area (Å²) in [7, 11) is 2.04. The number of benzene rings is 1. The second-order valence-electron chi connectivity index (χ2n) is 5.69. The van der Waals surface area contributed by atoms with Crippen LogP contribution in [0.3, 0.4) is 0 Å². The van der Waals surface area contributed by atoms with Crippen molar-refractivity contribution >= 4 is 0 Å². The predicted molar refractivity (Wildman–Crippen MR) is 78.1 cm³/mol. The maximum atomic E-state index is 12.8. The quantitative estimate of drug-likeness (QED) is 0.858. The number of rotatable bonds is 3. The van der Waals surface area contributed by atoms with E-state index in [1.165, 1.54) is 6.07 Å². The van der Waals surface area contributed by atoms with E-state index in [0.717, 1.165) is 25.1 Å². The molecule has 0 saturated carbocycles. The summed E-state index contributed by atoms with van der Waals surface area (Å²) in [6, 6.07) is 6.96. The van der Waals surface area contributed by atoms with E-state index in [9.17, 15) is 18.4 Å². The average molecular weight is 311 g/mol. The van der Waals surface area contributed by atoms with Crippen molar-refractivity contribution in [3.05, 3.63) is 35.4 Å². The fraction of sp³-hybridized carbons (Fsp3) is 0.562. The molecule has 1 heterocycles. The standard InChI is InChI=1S/C16H20F3N3/c1-3-14-11-22(8-7-21(14)2)15(10-20)12-5-4-6-13(9-12)16(17,18)19/h4-6,9,14-15H,3,7-8,11H2,1-2H3. The molecular formula is C16H20F3N3. The second-order valence-corrected chi connectivity index (χ2v) is 5.69. The lowest BCUT2D eigenvalue weighted by molar-refractivity contribution is -0.137. The molecule has 0 aliphatic carbocycles. The molecule has 1 saturated heterocycles. The van der Waals surface area contributed by atoms with Crippen LogP contribution in [0.4, 0.5) is 13.2 Å². The van der Waals surface area contributed by atoms with Gasteiger partial charge in [0, 0.05) is 25.7 Å². The van der Waals surface area contributed by atoms with Gasteiger partial charge in [-0.1, -0.05) is 19.1 Å². The van der Waals surface area contributed by atoms with Crippen molar-refractivity contribution in [2.45, 2.75) is 31.6 Å². The smallest absolute Gasteiger partial charge is 0.301 e. The maximum absolute atomic E-state index is 12.8. The maximum Gasteiger partial charge on any atom is 0.416 e. The summed E-state index contributed by atoms with van der Waals surface area (Å²) in [6.45, 7) is 4.27. The number of halogens is 3. The molecule has 2 rings (SSSR count). The van der Waals surface area contributed by atoms with E-state index in [2.05, 4.69) is 17.9 Å². The van der Waals surface area contributed by atoms with E-state index in [1.807, 2.05) is 11.9 Å². The van der Waals surface area contributed by atoms with E-state index in [0.29, 0.717) is 24.7 Å². The van der Waals surface area contributed by atoms with Crippen molar-refractivity contribution in [1.29, 1.82) is 5.26 Å². The van der Waals surface area contributed by atoms with Gasteiger partial charge in [-0.15, -0.1) is 0 Å². The summed E-state index contributed by atoms with van der Waals surface area (Å²) in [5.41, 5.74) is -0.289. The van der Waals surface area contributed by atoms with Gasteiger partial charge >= 0.3 is 6.18 Å². The molecular weight excluding hydrogens is 291 g/mol. The Labute approximate surface area is 128 Å². The predicted octanol–water partition coefficient (Wildman–Crippen LogP) is 3.30. The summed E-state index contributed by atoms with van der Waals surface area (Å²) < 4.78 is 38.5. The fourth-order valence-corrected chi connectivity index (χ4v) is 2.90. The van der Waals surface area contributed by atoms with E-state index >= 15 is 0 Å². The van der Waals surface area contributed by atoms with Gasteiger partial charge in [0.15, 0.2) is 0 Å². The first-order chi connectivity index (χ1) is 10.4. The summed E-state index contributed by atoms with van der Waals surface area (Å²) in [5.74, 6) is 0. The Morgan fingerprint density at radius 3 is 2.68 bits per heavy atom. The Bertz CT molecular complexity index is 550. The minimum absolute atomic E-state index is 0.329. The molecule has 0 N–H and O–H groups in total. The Morgan fingerprint density at radius 1 is 1.36 bits per heavy atom. The number of likely N-dealkylation sites (N-methyl/N-ethyl adjacent to an activating group) is 1. The minimum Gasteiger partial charge on any atom is -0.301 e. The third-order valence-electron chi connectivity index (χ3n) is 4.30. The molecule has 1 aromatic carbocycles. The van der Waals surface area contributed by atoms with E-state index in [4.69, 9.17) is 0 Å². The zero-order valence-corrected chi connectivity index (χ0v) is 12.8. The topological polar surface area (TPSA) is 30.3 Å². The van der Waals surface area contributed by atoms with Gasteiger partial charge in [0.25, 0.3) is 0 Å². The number of nitrogens with zero attached hydrogens (tertiary/aromatic N) is 3. The first-order valence-corrected chi connectivity index (χ1v) is 7.38. The highest BCUT2D eigenvalue weighted by Crippen LogP contribution is 2.32. The Hall–Kier alpha value is -1.58.